The van der Waals surface area contributed by atoms with Crippen molar-refractivity contribution < 1.29 is 17.6 Å². The summed E-state index contributed by atoms with van der Waals surface area (Å²) in [6.45, 7) is -0.986. The SMILES string of the molecule is FCCCCC[B-](CCCCCF)(CCCCCF)CCCCCF. The number of hydrogen-bond donors (Lipinski definition) is 0. The molecule has 152 valence electrons. The fourth-order valence-corrected chi connectivity index (χ4v) is 4.26. The Morgan fingerprint density at radius 2 is 0.560 bits per heavy atom. The van der Waals surface area contributed by atoms with Gasteiger partial charge in [0.15, 0.2) is 0 Å². The predicted octanol–water partition coefficient (Wildman–Crippen LogP) is 7.99. The summed E-state index contributed by atoms with van der Waals surface area (Å²) < 4.78 is 49.5. The van der Waals surface area contributed by atoms with Crippen LogP contribution in [0.25, 0.3) is 0 Å². The summed E-state index contributed by atoms with van der Waals surface area (Å²) in [5.41, 5.74) is 0. The van der Waals surface area contributed by atoms with Gasteiger partial charge < -0.3 is 0 Å². The van der Waals surface area contributed by atoms with E-state index in [0.717, 1.165) is 76.6 Å². The maximum Gasteiger partial charge on any atom is 0.0894 e. The highest BCUT2D eigenvalue weighted by molar-refractivity contribution is 6.79. The van der Waals surface area contributed by atoms with Gasteiger partial charge in [-0.3, -0.25) is 17.6 Å². The lowest BCUT2D eigenvalue weighted by Crippen LogP contribution is -2.34. The van der Waals surface area contributed by atoms with Crippen molar-refractivity contribution >= 4 is 6.15 Å². The summed E-state index contributed by atoms with van der Waals surface area (Å²) in [5.74, 6) is 0. The summed E-state index contributed by atoms with van der Waals surface area (Å²) >= 11 is 0. The Morgan fingerprint density at radius 1 is 0.320 bits per heavy atom. The van der Waals surface area contributed by atoms with E-state index in [0.29, 0.717) is 25.7 Å². The van der Waals surface area contributed by atoms with Gasteiger partial charge in [0.25, 0.3) is 0 Å². The van der Waals surface area contributed by atoms with Crippen molar-refractivity contribution in [3.63, 3.8) is 0 Å². The quantitative estimate of drug-likeness (QED) is 0.116. The topological polar surface area (TPSA) is 0 Å². The molecule has 0 aromatic heterocycles. The van der Waals surface area contributed by atoms with Gasteiger partial charge in [0.2, 0.25) is 0 Å². The molecule has 0 unspecified atom stereocenters. The van der Waals surface area contributed by atoms with E-state index in [-0.39, 0.29) is 26.7 Å². The van der Waals surface area contributed by atoms with Crippen LogP contribution in [0.4, 0.5) is 17.6 Å². The smallest absolute Gasteiger partial charge is 0.0894 e. The molecular weight excluding hydrogens is 327 g/mol. The van der Waals surface area contributed by atoms with Gasteiger partial charge in [-0.15, -0.1) is 0 Å². The minimum atomic E-state index is -0.554. The first-order valence-corrected chi connectivity index (χ1v) is 10.7. The van der Waals surface area contributed by atoms with E-state index in [9.17, 15) is 17.6 Å². The second-order valence-electron chi connectivity index (χ2n) is 7.89. The molecule has 0 aliphatic carbocycles. The molecule has 0 atom stereocenters. The molecular formula is C20H40BF4-. The van der Waals surface area contributed by atoms with Crippen molar-refractivity contribution in [3.8, 4) is 0 Å². The zero-order chi connectivity index (χ0) is 18.6. The highest BCUT2D eigenvalue weighted by Gasteiger charge is 2.23. The molecule has 25 heavy (non-hydrogen) atoms. The van der Waals surface area contributed by atoms with Gasteiger partial charge in [-0.1, -0.05) is 51.4 Å². The van der Waals surface area contributed by atoms with Crippen LogP contribution in [-0.4, -0.2) is 32.8 Å². The first-order valence-electron chi connectivity index (χ1n) is 10.7. The minimum Gasteiger partial charge on any atom is -0.251 e. The molecule has 0 saturated heterocycles. The molecule has 0 nitrogen and oxygen atoms in total. The standard InChI is InChI=1S/C20H40BF4/c22-17-9-1-5-13-21(14-6-2-10-18-23,15-7-3-11-19-24)16-8-4-12-20-25/h1-20H2/q-1. The molecule has 0 heterocycles. The number of unbranched alkanes of at least 4 members (excludes halogenated alkanes) is 8. The third kappa shape index (κ3) is 14.6. The van der Waals surface area contributed by atoms with Gasteiger partial charge in [0.1, 0.15) is 0 Å². The molecule has 5 heteroatoms. The van der Waals surface area contributed by atoms with Gasteiger partial charge in [0, 0.05) is 6.15 Å². The predicted molar refractivity (Wildman–Crippen MR) is 104 cm³/mol. The summed E-state index contributed by atoms with van der Waals surface area (Å²) in [7, 11) is 0. The Hall–Kier alpha value is -0.215. The summed E-state index contributed by atoms with van der Waals surface area (Å²) in [4.78, 5) is 0. The van der Waals surface area contributed by atoms with Crippen molar-refractivity contribution in [2.45, 2.75) is 102 Å². The monoisotopic (exact) mass is 367 g/mol. The van der Waals surface area contributed by atoms with Crippen LogP contribution in [0.2, 0.25) is 25.3 Å². The molecule has 0 radical (unpaired) electrons. The highest BCUT2D eigenvalue weighted by Crippen LogP contribution is 2.34. The van der Waals surface area contributed by atoms with E-state index in [1.807, 2.05) is 0 Å². The molecule has 0 fully saturated rings. The van der Waals surface area contributed by atoms with Crippen LogP contribution in [0.1, 0.15) is 77.0 Å². The Balaban J connectivity index is 4.62. The maximum absolute atomic E-state index is 12.4. The highest BCUT2D eigenvalue weighted by atomic mass is 19.1. The van der Waals surface area contributed by atoms with Crippen LogP contribution in [0.15, 0.2) is 0 Å². The third-order valence-corrected chi connectivity index (χ3v) is 5.80. The largest absolute Gasteiger partial charge is 0.251 e. The Bertz CT molecular complexity index is 211. The molecule has 0 rings (SSSR count). The number of rotatable bonds is 20. The lowest BCUT2D eigenvalue weighted by molar-refractivity contribution is 0.454. The van der Waals surface area contributed by atoms with Crippen LogP contribution in [0.5, 0.6) is 0 Å². The van der Waals surface area contributed by atoms with Crippen molar-refractivity contribution in [2.75, 3.05) is 26.7 Å². The van der Waals surface area contributed by atoms with Crippen molar-refractivity contribution in [1.29, 1.82) is 0 Å². The molecule has 0 saturated carbocycles. The normalized spacial score (nSPS) is 12.0. The van der Waals surface area contributed by atoms with Gasteiger partial charge in [-0.05, 0) is 25.7 Å². The van der Waals surface area contributed by atoms with Crippen molar-refractivity contribution in [3.05, 3.63) is 0 Å². The molecule has 0 spiro atoms. The zero-order valence-electron chi connectivity index (χ0n) is 16.2. The van der Waals surface area contributed by atoms with E-state index < -0.39 is 6.15 Å². The van der Waals surface area contributed by atoms with Gasteiger partial charge in [0.05, 0.1) is 26.7 Å². The van der Waals surface area contributed by atoms with E-state index in [2.05, 4.69) is 0 Å². The van der Waals surface area contributed by atoms with Crippen LogP contribution < -0.4 is 0 Å². The molecule has 0 aliphatic rings. The van der Waals surface area contributed by atoms with E-state index >= 15 is 0 Å². The maximum atomic E-state index is 12.4. The molecule has 0 aromatic carbocycles. The summed E-state index contributed by atoms with van der Waals surface area (Å²) in [6, 6.07) is 0. The van der Waals surface area contributed by atoms with Crippen LogP contribution in [-0.2, 0) is 0 Å². The summed E-state index contributed by atoms with van der Waals surface area (Å²) in [5, 5.41) is 0. The lowest BCUT2D eigenvalue weighted by atomic mass is 9.17. The van der Waals surface area contributed by atoms with Gasteiger partial charge >= 0.3 is 0 Å². The first kappa shape index (κ1) is 24.8. The number of alkyl halides is 4. The Morgan fingerprint density at radius 3 is 0.760 bits per heavy atom. The Kier molecular flexibility index (Phi) is 18.4. The molecule has 0 amide bonds. The first-order chi connectivity index (χ1) is 12.2. The molecule has 0 aliphatic heterocycles. The average Bonchev–Trinajstić information content (AvgIpc) is 2.63. The fraction of sp³-hybridized carbons (Fsp3) is 1.00. The molecule has 0 aromatic rings. The number of halogens is 4. The van der Waals surface area contributed by atoms with E-state index in [4.69, 9.17) is 0 Å². The number of hydrogen-bond acceptors (Lipinski definition) is 0. The third-order valence-electron chi connectivity index (χ3n) is 5.80. The lowest BCUT2D eigenvalue weighted by Gasteiger charge is -2.40. The van der Waals surface area contributed by atoms with E-state index in [1.54, 1.807) is 0 Å². The van der Waals surface area contributed by atoms with Gasteiger partial charge in [-0.25, -0.2) is 0 Å². The van der Waals surface area contributed by atoms with E-state index in [1.165, 1.54) is 0 Å². The second-order valence-corrected chi connectivity index (χ2v) is 7.89. The zero-order valence-corrected chi connectivity index (χ0v) is 16.2. The molecule has 0 N–H and O–H groups in total. The Labute approximate surface area is 153 Å². The van der Waals surface area contributed by atoms with Gasteiger partial charge in [-0.2, -0.15) is 25.3 Å². The molecule has 0 bridgehead atoms. The average molecular weight is 367 g/mol. The van der Waals surface area contributed by atoms with Crippen molar-refractivity contribution in [1.82, 2.24) is 0 Å². The second kappa shape index (κ2) is 18.6. The minimum absolute atomic E-state index is 0.247. The summed E-state index contributed by atoms with van der Waals surface area (Å²) in [6.07, 6.45) is 14.5. The van der Waals surface area contributed by atoms with Crippen LogP contribution >= 0.6 is 0 Å². The fourth-order valence-electron chi connectivity index (χ4n) is 4.26. The van der Waals surface area contributed by atoms with Crippen LogP contribution in [0.3, 0.4) is 0 Å². The van der Waals surface area contributed by atoms with Crippen LogP contribution in [0, 0.1) is 0 Å². The van der Waals surface area contributed by atoms with Crippen molar-refractivity contribution in [2.24, 2.45) is 0 Å².